The number of anilines is 3. The van der Waals surface area contributed by atoms with Crippen molar-refractivity contribution in [1.82, 2.24) is 30.1 Å². The van der Waals surface area contributed by atoms with E-state index in [1.54, 1.807) is 12.1 Å². The molecule has 2 aromatic rings. The van der Waals surface area contributed by atoms with Crippen molar-refractivity contribution in [2.24, 2.45) is 0 Å². The number of nitrogens with zero attached hydrogens (tertiary/aromatic N) is 6. The summed E-state index contributed by atoms with van der Waals surface area (Å²) in [5, 5.41) is 13.0. The number of halogens is 2. The van der Waals surface area contributed by atoms with Crippen LogP contribution in [0, 0.1) is 0 Å². The number of nitrogens with two attached hydrogens (primary N) is 2. The van der Waals surface area contributed by atoms with E-state index in [1.165, 1.54) is 0 Å². The molecule has 6 N–H and O–H groups in total. The van der Waals surface area contributed by atoms with Gasteiger partial charge < -0.3 is 31.7 Å². The van der Waals surface area contributed by atoms with Crippen LogP contribution in [0.25, 0.3) is 0 Å². The van der Waals surface area contributed by atoms with E-state index < -0.39 is 11.5 Å². The molecule has 2 saturated heterocycles. The van der Waals surface area contributed by atoms with Crippen LogP contribution in [-0.2, 0) is 0 Å². The number of carbonyl (C=O) groups excluding carboxylic acids is 2. The van der Waals surface area contributed by atoms with Crippen molar-refractivity contribution in [2.45, 2.75) is 56.7 Å². The number of piperidine rings is 1. The molecule has 3 fully saturated rings. The first-order chi connectivity index (χ1) is 19.1. The maximum absolute atomic E-state index is 13.0. The van der Waals surface area contributed by atoms with E-state index in [2.05, 4.69) is 37.0 Å². The van der Waals surface area contributed by atoms with E-state index in [-0.39, 0.29) is 46.1 Å². The normalized spacial score (nSPS) is 21.4. The predicted octanol–water partition coefficient (Wildman–Crippen LogP) is 1.80. The SMILES string of the molecule is CC[C@H]1CN(c2nc(N)c(C(=O)NCC3(O)CC3)nc2Cl)CCN1C1CCN(C(=O)c2ccc(Cl)nc2N)CC1. The molecular weight excluding hydrogens is 557 g/mol. The van der Waals surface area contributed by atoms with Crippen molar-refractivity contribution in [1.29, 1.82) is 0 Å². The second-order valence-corrected chi connectivity index (χ2v) is 11.6. The third-order valence-electron chi connectivity index (χ3n) is 8.12. The molecule has 5 rings (SSSR count). The van der Waals surface area contributed by atoms with E-state index in [0.717, 1.165) is 25.8 Å². The van der Waals surface area contributed by atoms with Crippen LogP contribution < -0.4 is 21.7 Å². The minimum atomic E-state index is -0.829. The molecule has 14 heteroatoms. The Labute approximate surface area is 243 Å². The van der Waals surface area contributed by atoms with Gasteiger partial charge in [0.2, 0.25) is 0 Å². The van der Waals surface area contributed by atoms with Crippen LogP contribution in [0.5, 0.6) is 0 Å². The summed E-state index contributed by atoms with van der Waals surface area (Å²) in [6.07, 6.45) is 3.95. The topological polar surface area (TPSA) is 167 Å². The van der Waals surface area contributed by atoms with Crippen molar-refractivity contribution < 1.29 is 14.7 Å². The summed E-state index contributed by atoms with van der Waals surface area (Å²) in [6.45, 7) is 5.73. The van der Waals surface area contributed by atoms with Crippen molar-refractivity contribution in [2.75, 3.05) is 55.6 Å². The number of pyridine rings is 1. The second-order valence-electron chi connectivity index (χ2n) is 10.8. The summed E-state index contributed by atoms with van der Waals surface area (Å²) in [6, 6.07) is 3.80. The molecule has 2 aliphatic heterocycles. The zero-order chi connectivity index (χ0) is 28.6. The third-order valence-corrected chi connectivity index (χ3v) is 8.59. The Morgan fingerprint density at radius 2 is 1.80 bits per heavy atom. The third kappa shape index (κ3) is 6.04. The van der Waals surface area contributed by atoms with Crippen LogP contribution in [-0.4, -0.2) is 98.6 Å². The van der Waals surface area contributed by atoms with Gasteiger partial charge in [0.25, 0.3) is 11.8 Å². The summed E-state index contributed by atoms with van der Waals surface area (Å²) in [5.41, 5.74) is 11.6. The largest absolute Gasteiger partial charge is 0.388 e. The lowest BCUT2D eigenvalue weighted by molar-refractivity contribution is 0.0491. The van der Waals surface area contributed by atoms with Gasteiger partial charge in [-0.05, 0) is 44.2 Å². The molecule has 0 unspecified atom stereocenters. The van der Waals surface area contributed by atoms with Crippen LogP contribution in [0.3, 0.4) is 0 Å². The molecule has 0 spiro atoms. The van der Waals surface area contributed by atoms with Gasteiger partial charge in [0, 0.05) is 51.4 Å². The Balaban J connectivity index is 1.19. The molecule has 216 valence electrons. The Hall–Kier alpha value is -2.93. The van der Waals surface area contributed by atoms with Crippen LogP contribution in [0.15, 0.2) is 12.1 Å². The summed E-state index contributed by atoms with van der Waals surface area (Å²) < 4.78 is 0. The zero-order valence-electron chi connectivity index (χ0n) is 22.4. The number of amides is 2. The number of aliphatic hydroxyl groups is 1. The predicted molar refractivity (Wildman–Crippen MR) is 154 cm³/mol. The fraction of sp³-hybridized carbons (Fsp3) is 0.577. The maximum Gasteiger partial charge on any atom is 0.273 e. The molecule has 12 nitrogen and oxygen atoms in total. The molecule has 1 atom stereocenters. The summed E-state index contributed by atoms with van der Waals surface area (Å²) in [4.78, 5) is 44.7. The van der Waals surface area contributed by atoms with Gasteiger partial charge in [0.1, 0.15) is 11.0 Å². The lowest BCUT2D eigenvalue weighted by Gasteiger charge is -2.47. The molecule has 0 radical (unpaired) electrons. The van der Waals surface area contributed by atoms with E-state index in [9.17, 15) is 14.7 Å². The molecule has 1 aliphatic carbocycles. The molecule has 2 amide bonds. The van der Waals surface area contributed by atoms with Gasteiger partial charge in [0.15, 0.2) is 22.5 Å². The number of rotatable bonds is 7. The van der Waals surface area contributed by atoms with Crippen molar-refractivity contribution in [3.05, 3.63) is 33.7 Å². The monoisotopic (exact) mass is 591 g/mol. The first-order valence-electron chi connectivity index (χ1n) is 13.6. The zero-order valence-corrected chi connectivity index (χ0v) is 24.0. The van der Waals surface area contributed by atoms with E-state index in [1.807, 2.05) is 4.90 Å². The molecule has 0 bridgehead atoms. The van der Waals surface area contributed by atoms with Crippen molar-refractivity contribution in [3.8, 4) is 0 Å². The highest BCUT2D eigenvalue weighted by Gasteiger charge is 2.41. The molecule has 0 aromatic carbocycles. The number of likely N-dealkylation sites (tertiary alicyclic amines) is 1. The Bertz CT molecular complexity index is 1280. The van der Waals surface area contributed by atoms with Gasteiger partial charge in [-0.3, -0.25) is 14.5 Å². The summed E-state index contributed by atoms with van der Waals surface area (Å²) in [5.74, 6) is -0.0132. The summed E-state index contributed by atoms with van der Waals surface area (Å²) in [7, 11) is 0. The minimum absolute atomic E-state index is 0.00345. The van der Waals surface area contributed by atoms with Crippen LogP contribution in [0.2, 0.25) is 10.3 Å². The highest BCUT2D eigenvalue weighted by molar-refractivity contribution is 6.32. The highest BCUT2D eigenvalue weighted by Crippen LogP contribution is 2.34. The van der Waals surface area contributed by atoms with Gasteiger partial charge in [0.05, 0.1) is 11.2 Å². The van der Waals surface area contributed by atoms with Crippen LogP contribution >= 0.6 is 23.2 Å². The number of aromatic nitrogens is 3. The van der Waals surface area contributed by atoms with Crippen LogP contribution in [0.1, 0.15) is 59.9 Å². The number of hydrogen-bond acceptors (Lipinski definition) is 10. The average molecular weight is 593 g/mol. The quantitative estimate of drug-likeness (QED) is 0.348. The fourth-order valence-electron chi connectivity index (χ4n) is 5.54. The number of carbonyl (C=O) groups is 2. The molecule has 2 aromatic heterocycles. The molecule has 4 heterocycles. The minimum Gasteiger partial charge on any atom is -0.388 e. The van der Waals surface area contributed by atoms with Gasteiger partial charge in [-0.2, -0.15) is 0 Å². The standard InChI is InChI=1S/C26H35Cl2N9O3/c1-2-15-13-36(23-20(28)33-19(22(30)34-23)24(38)31-14-26(40)7-8-26)11-12-37(15)16-5-9-35(10-6-16)25(39)17-3-4-18(27)32-21(17)29/h3-4,15-16,40H,2,5-14H2,1H3,(H2,29,32)(H2,30,34)(H,31,38)/t15-/m0/s1. The molecule has 40 heavy (non-hydrogen) atoms. The smallest absolute Gasteiger partial charge is 0.273 e. The first kappa shape index (κ1) is 28.6. The first-order valence-corrected chi connectivity index (χ1v) is 14.4. The highest BCUT2D eigenvalue weighted by atomic mass is 35.5. The van der Waals surface area contributed by atoms with E-state index in [0.29, 0.717) is 56.4 Å². The Morgan fingerprint density at radius 1 is 1.07 bits per heavy atom. The van der Waals surface area contributed by atoms with Gasteiger partial charge in [-0.25, -0.2) is 15.0 Å². The Kier molecular flexibility index (Phi) is 8.23. The molecule has 3 aliphatic rings. The number of hydrogen-bond donors (Lipinski definition) is 4. The Morgan fingerprint density at radius 3 is 2.45 bits per heavy atom. The number of nitrogens with one attached hydrogen (secondary N) is 1. The van der Waals surface area contributed by atoms with Crippen LogP contribution in [0.4, 0.5) is 17.5 Å². The molecular formula is C26H35Cl2N9O3. The lowest BCUT2D eigenvalue weighted by atomic mass is 9.97. The summed E-state index contributed by atoms with van der Waals surface area (Å²) >= 11 is 12.4. The van der Waals surface area contributed by atoms with E-state index in [4.69, 9.17) is 34.7 Å². The van der Waals surface area contributed by atoms with Gasteiger partial charge >= 0.3 is 0 Å². The number of nitrogen functional groups attached to an aromatic ring is 2. The fourth-order valence-corrected chi connectivity index (χ4v) is 5.94. The van der Waals surface area contributed by atoms with Gasteiger partial charge in [-0.15, -0.1) is 0 Å². The van der Waals surface area contributed by atoms with Crippen molar-refractivity contribution in [3.63, 3.8) is 0 Å². The second kappa shape index (κ2) is 11.5. The average Bonchev–Trinajstić information content (AvgIpc) is 3.69. The van der Waals surface area contributed by atoms with Gasteiger partial charge in [-0.1, -0.05) is 30.1 Å². The molecule has 1 saturated carbocycles. The van der Waals surface area contributed by atoms with Crippen molar-refractivity contribution >= 4 is 52.5 Å². The maximum atomic E-state index is 13.0. The lowest BCUT2D eigenvalue weighted by Crippen LogP contribution is -2.58. The van der Waals surface area contributed by atoms with E-state index >= 15 is 0 Å². The number of piperazine rings is 1.